The van der Waals surface area contributed by atoms with Gasteiger partial charge in [-0.2, -0.15) is 0 Å². The van der Waals surface area contributed by atoms with E-state index in [4.69, 9.17) is 10.9 Å². The highest BCUT2D eigenvalue weighted by Crippen LogP contribution is 2.18. The summed E-state index contributed by atoms with van der Waals surface area (Å²) in [6.45, 7) is 3.37. The first-order chi connectivity index (χ1) is 9.60. The molecule has 0 radical (unpaired) electrons. The number of aryl methyl sites for hydroxylation is 1. The number of amidine groups is 1. The van der Waals surface area contributed by atoms with E-state index < -0.39 is 0 Å². The van der Waals surface area contributed by atoms with Crippen LogP contribution in [0, 0.1) is 12.8 Å². The molecule has 1 saturated heterocycles. The average molecular weight is 275 g/mol. The molecule has 5 nitrogen and oxygen atoms in total. The van der Waals surface area contributed by atoms with Crippen molar-refractivity contribution in [2.24, 2.45) is 16.8 Å². The Balaban J connectivity index is 1.89. The van der Waals surface area contributed by atoms with Crippen LogP contribution in [0.3, 0.4) is 0 Å². The minimum absolute atomic E-state index is 0.0861. The number of nitrogens with two attached hydrogens (primary N) is 1. The molecule has 1 aliphatic rings. The summed E-state index contributed by atoms with van der Waals surface area (Å²) in [6, 6.07) is 8.02. The Bertz CT molecular complexity index is 506. The van der Waals surface area contributed by atoms with Gasteiger partial charge < -0.3 is 15.8 Å². The molecule has 1 aliphatic heterocycles. The lowest BCUT2D eigenvalue weighted by Crippen LogP contribution is -2.42. The molecular weight excluding hydrogens is 254 g/mol. The summed E-state index contributed by atoms with van der Waals surface area (Å²) in [5, 5.41) is 11.7. The number of hydrogen-bond donors (Lipinski definition) is 2. The third-order valence-corrected chi connectivity index (χ3v) is 3.82. The van der Waals surface area contributed by atoms with E-state index in [1.54, 1.807) is 0 Å². The maximum absolute atomic E-state index is 12.2. The summed E-state index contributed by atoms with van der Waals surface area (Å²) in [7, 11) is 0. The van der Waals surface area contributed by atoms with Gasteiger partial charge in [0, 0.05) is 19.0 Å². The monoisotopic (exact) mass is 275 g/mol. The van der Waals surface area contributed by atoms with Gasteiger partial charge in [-0.3, -0.25) is 4.79 Å². The van der Waals surface area contributed by atoms with Gasteiger partial charge in [0.05, 0.1) is 6.42 Å². The maximum atomic E-state index is 12.2. The molecule has 1 aromatic carbocycles. The molecule has 0 unspecified atom stereocenters. The molecule has 108 valence electrons. The molecule has 3 N–H and O–H groups in total. The highest BCUT2D eigenvalue weighted by atomic mass is 16.4. The van der Waals surface area contributed by atoms with E-state index in [1.807, 2.05) is 36.1 Å². The lowest BCUT2D eigenvalue weighted by atomic mass is 9.95. The van der Waals surface area contributed by atoms with Crippen LogP contribution in [0.5, 0.6) is 0 Å². The molecule has 1 heterocycles. The van der Waals surface area contributed by atoms with Crippen LogP contribution in [0.25, 0.3) is 0 Å². The fourth-order valence-corrected chi connectivity index (χ4v) is 2.61. The van der Waals surface area contributed by atoms with E-state index >= 15 is 0 Å². The number of carbonyl (C=O) groups is 1. The first kappa shape index (κ1) is 14.4. The number of amides is 1. The van der Waals surface area contributed by atoms with Crippen molar-refractivity contribution in [1.29, 1.82) is 0 Å². The fraction of sp³-hybridized carbons (Fsp3) is 0.467. The third-order valence-electron chi connectivity index (χ3n) is 3.82. The first-order valence-electron chi connectivity index (χ1n) is 6.91. The van der Waals surface area contributed by atoms with Crippen molar-refractivity contribution < 1.29 is 10.0 Å². The molecule has 0 atom stereocenters. The zero-order valence-electron chi connectivity index (χ0n) is 11.7. The van der Waals surface area contributed by atoms with E-state index in [-0.39, 0.29) is 17.7 Å². The molecule has 0 bridgehead atoms. The van der Waals surface area contributed by atoms with Crippen LogP contribution in [-0.4, -0.2) is 34.9 Å². The predicted octanol–water partition coefficient (Wildman–Crippen LogP) is 1.52. The summed E-state index contributed by atoms with van der Waals surface area (Å²) in [5.41, 5.74) is 7.82. The van der Waals surface area contributed by atoms with E-state index in [2.05, 4.69) is 5.16 Å². The number of oxime groups is 1. The Hall–Kier alpha value is -2.04. The summed E-state index contributed by atoms with van der Waals surface area (Å²) in [6.07, 6.45) is 1.96. The zero-order valence-corrected chi connectivity index (χ0v) is 11.7. The molecule has 2 rings (SSSR count). The minimum Gasteiger partial charge on any atom is -0.409 e. The van der Waals surface area contributed by atoms with Crippen LogP contribution in [-0.2, 0) is 11.2 Å². The molecule has 0 aromatic heterocycles. The second kappa shape index (κ2) is 6.41. The molecule has 0 saturated carbocycles. The van der Waals surface area contributed by atoms with E-state index in [9.17, 15) is 4.79 Å². The van der Waals surface area contributed by atoms with Crippen LogP contribution in [0.4, 0.5) is 0 Å². The summed E-state index contributed by atoms with van der Waals surface area (Å²) < 4.78 is 0. The second-order valence-corrected chi connectivity index (χ2v) is 5.35. The van der Waals surface area contributed by atoms with E-state index in [1.165, 1.54) is 5.56 Å². The SMILES string of the molecule is Cc1cccc(CC(=O)N2CCC(C(N)=NO)CC2)c1. The molecule has 1 fully saturated rings. The van der Waals surface area contributed by atoms with Gasteiger partial charge in [-0.25, -0.2) is 0 Å². The van der Waals surface area contributed by atoms with Gasteiger partial charge in [0.2, 0.25) is 5.91 Å². The minimum atomic E-state index is 0.0861. The number of rotatable bonds is 3. The fourth-order valence-electron chi connectivity index (χ4n) is 2.61. The van der Waals surface area contributed by atoms with Gasteiger partial charge in [-0.1, -0.05) is 35.0 Å². The van der Waals surface area contributed by atoms with Gasteiger partial charge in [0.1, 0.15) is 5.84 Å². The lowest BCUT2D eigenvalue weighted by Gasteiger charge is -2.31. The Kier molecular flexibility index (Phi) is 4.61. The van der Waals surface area contributed by atoms with Crippen molar-refractivity contribution in [3.63, 3.8) is 0 Å². The van der Waals surface area contributed by atoms with Crippen LogP contribution in [0.15, 0.2) is 29.4 Å². The van der Waals surface area contributed by atoms with Gasteiger partial charge in [0.15, 0.2) is 0 Å². The summed E-state index contributed by atoms with van der Waals surface area (Å²) in [4.78, 5) is 14.1. The maximum Gasteiger partial charge on any atom is 0.226 e. The molecule has 0 aliphatic carbocycles. The van der Waals surface area contributed by atoms with Crippen molar-refractivity contribution in [3.8, 4) is 0 Å². The van der Waals surface area contributed by atoms with Gasteiger partial charge in [-0.15, -0.1) is 0 Å². The van der Waals surface area contributed by atoms with Crippen LogP contribution < -0.4 is 5.73 Å². The van der Waals surface area contributed by atoms with Crippen molar-refractivity contribution in [2.45, 2.75) is 26.2 Å². The number of nitrogens with zero attached hydrogens (tertiary/aromatic N) is 2. The molecule has 1 aromatic rings. The smallest absolute Gasteiger partial charge is 0.226 e. The van der Waals surface area contributed by atoms with Gasteiger partial charge in [-0.05, 0) is 25.3 Å². The zero-order chi connectivity index (χ0) is 14.5. The molecule has 0 spiro atoms. The van der Waals surface area contributed by atoms with Crippen LogP contribution in [0.1, 0.15) is 24.0 Å². The topological polar surface area (TPSA) is 78.9 Å². The average Bonchev–Trinajstić information content (AvgIpc) is 2.46. The number of likely N-dealkylation sites (tertiary alicyclic amines) is 1. The molecule has 1 amide bonds. The highest BCUT2D eigenvalue weighted by molar-refractivity contribution is 5.83. The molecule has 5 heteroatoms. The Morgan fingerprint density at radius 3 is 2.75 bits per heavy atom. The highest BCUT2D eigenvalue weighted by Gasteiger charge is 2.25. The first-order valence-corrected chi connectivity index (χ1v) is 6.91. The largest absolute Gasteiger partial charge is 0.409 e. The van der Waals surface area contributed by atoms with E-state index in [0.29, 0.717) is 19.5 Å². The van der Waals surface area contributed by atoms with Crippen molar-refractivity contribution in [1.82, 2.24) is 4.90 Å². The van der Waals surface area contributed by atoms with Crippen molar-refractivity contribution in [3.05, 3.63) is 35.4 Å². The third kappa shape index (κ3) is 3.50. The van der Waals surface area contributed by atoms with Crippen LogP contribution >= 0.6 is 0 Å². The van der Waals surface area contributed by atoms with E-state index in [0.717, 1.165) is 18.4 Å². The predicted molar refractivity (Wildman–Crippen MR) is 77.6 cm³/mol. The van der Waals surface area contributed by atoms with Crippen molar-refractivity contribution in [2.75, 3.05) is 13.1 Å². The number of hydrogen-bond acceptors (Lipinski definition) is 3. The molecular formula is C15H21N3O2. The standard InChI is InChI=1S/C15H21N3O2/c1-11-3-2-4-12(9-11)10-14(19)18-7-5-13(6-8-18)15(16)17-20/h2-4,9,13,20H,5-8,10H2,1H3,(H2,16,17). The number of carbonyl (C=O) groups excluding carboxylic acids is 1. The Morgan fingerprint density at radius 2 is 2.15 bits per heavy atom. The summed E-state index contributed by atoms with van der Waals surface area (Å²) in [5.74, 6) is 0.507. The Labute approximate surface area is 119 Å². The summed E-state index contributed by atoms with van der Waals surface area (Å²) >= 11 is 0. The van der Waals surface area contributed by atoms with Crippen molar-refractivity contribution >= 4 is 11.7 Å². The quantitative estimate of drug-likeness (QED) is 0.380. The number of piperidine rings is 1. The van der Waals surface area contributed by atoms with Gasteiger partial charge >= 0.3 is 0 Å². The van der Waals surface area contributed by atoms with Gasteiger partial charge in [0.25, 0.3) is 0 Å². The lowest BCUT2D eigenvalue weighted by molar-refractivity contribution is -0.131. The van der Waals surface area contributed by atoms with Crippen LogP contribution in [0.2, 0.25) is 0 Å². The Morgan fingerprint density at radius 1 is 1.45 bits per heavy atom. The normalized spacial score (nSPS) is 17.2. The number of benzene rings is 1. The molecule has 20 heavy (non-hydrogen) atoms. The second-order valence-electron chi connectivity index (χ2n) is 5.35.